The fourth-order valence-electron chi connectivity index (χ4n) is 2.60. The summed E-state index contributed by atoms with van der Waals surface area (Å²) >= 11 is 0. The largest absolute Gasteiger partial charge is 0.444 e. The number of ether oxygens (including phenoxy) is 1. The van der Waals surface area contributed by atoms with Gasteiger partial charge in [-0.05, 0) is 27.7 Å². The van der Waals surface area contributed by atoms with E-state index in [4.69, 9.17) is 4.74 Å². The van der Waals surface area contributed by atoms with Crippen LogP contribution in [0, 0.1) is 0 Å². The van der Waals surface area contributed by atoms with E-state index in [1.165, 1.54) is 0 Å². The minimum absolute atomic E-state index is 0.0515. The standard InChI is InChI=1S/C16H27N5O2/c1-12-11-20(14-13(19(5)6)17-7-8-18-14)9-10-21(12)15(22)23-16(2,3)4/h7-8,12H,9-11H2,1-6H3/t12-/m1/s1. The van der Waals surface area contributed by atoms with Crippen molar-refractivity contribution < 1.29 is 9.53 Å². The van der Waals surface area contributed by atoms with E-state index in [2.05, 4.69) is 14.9 Å². The Balaban J connectivity index is 2.09. The van der Waals surface area contributed by atoms with E-state index < -0.39 is 5.60 Å². The van der Waals surface area contributed by atoms with Gasteiger partial charge < -0.3 is 19.4 Å². The summed E-state index contributed by atoms with van der Waals surface area (Å²) in [6.07, 6.45) is 3.14. The fourth-order valence-corrected chi connectivity index (χ4v) is 2.60. The SMILES string of the molecule is C[C@@H]1CN(c2nccnc2N(C)C)CCN1C(=O)OC(C)(C)C. The number of hydrogen-bond donors (Lipinski definition) is 0. The van der Waals surface area contributed by atoms with Crippen LogP contribution in [0.15, 0.2) is 12.4 Å². The van der Waals surface area contributed by atoms with Gasteiger partial charge >= 0.3 is 6.09 Å². The summed E-state index contributed by atoms with van der Waals surface area (Å²) in [7, 11) is 3.90. The molecule has 128 valence electrons. The third kappa shape index (κ3) is 4.24. The summed E-state index contributed by atoms with van der Waals surface area (Å²) in [5.74, 6) is 1.69. The average molecular weight is 321 g/mol. The topological polar surface area (TPSA) is 61.8 Å². The molecule has 1 saturated heterocycles. The fraction of sp³-hybridized carbons (Fsp3) is 0.688. The average Bonchev–Trinajstić information content (AvgIpc) is 2.45. The molecule has 1 atom stereocenters. The number of rotatable bonds is 2. The zero-order valence-electron chi connectivity index (χ0n) is 14.9. The molecule has 1 aromatic rings. The summed E-state index contributed by atoms with van der Waals surface area (Å²) < 4.78 is 5.48. The Morgan fingerprint density at radius 3 is 2.48 bits per heavy atom. The van der Waals surface area contributed by atoms with Crippen molar-refractivity contribution in [1.29, 1.82) is 0 Å². The smallest absolute Gasteiger partial charge is 0.410 e. The molecular weight excluding hydrogens is 294 g/mol. The molecule has 1 aliphatic heterocycles. The van der Waals surface area contributed by atoms with Gasteiger partial charge in [0.1, 0.15) is 5.60 Å². The van der Waals surface area contributed by atoms with E-state index in [-0.39, 0.29) is 12.1 Å². The Labute approximate surface area is 138 Å². The van der Waals surface area contributed by atoms with Crippen molar-refractivity contribution in [3.8, 4) is 0 Å². The van der Waals surface area contributed by atoms with Crippen molar-refractivity contribution in [2.24, 2.45) is 0 Å². The lowest BCUT2D eigenvalue weighted by molar-refractivity contribution is 0.0158. The van der Waals surface area contributed by atoms with Gasteiger partial charge in [0.15, 0.2) is 11.6 Å². The Bertz CT molecular complexity index is 556. The normalized spacial score (nSPS) is 18.8. The molecule has 2 heterocycles. The van der Waals surface area contributed by atoms with Crippen LogP contribution in [0.4, 0.5) is 16.4 Å². The number of carbonyl (C=O) groups excluding carboxylic acids is 1. The van der Waals surface area contributed by atoms with E-state index >= 15 is 0 Å². The van der Waals surface area contributed by atoms with Crippen LogP contribution >= 0.6 is 0 Å². The monoisotopic (exact) mass is 321 g/mol. The molecule has 2 rings (SSSR count). The van der Waals surface area contributed by atoms with Gasteiger partial charge in [0.05, 0.1) is 0 Å². The highest BCUT2D eigenvalue weighted by atomic mass is 16.6. The molecule has 7 nitrogen and oxygen atoms in total. The lowest BCUT2D eigenvalue weighted by Gasteiger charge is -2.41. The summed E-state index contributed by atoms with van der Waals surface area (Å²) in [6, 6.07) is 0.0515. The molecule has 0 spiro atoms. The van der Waals surface area contributed by atoms with Crippen molar-refractivity contribution >= 4 is 17.7 Å². The lowest BCUT2D eigenvalue weighted by atomic mass is 10.2. The first-order valence-electron chi connectivity index (χ1n) is 7.92. The van der Waals surface area contributed by atoms with Crippen molar-refractivity contribution in [3.05, 3.63) is 12.4 Å². The van der Waals surface area contributed by atoms with Crippen LogP contribution < -0.4 is 9.80 Å². The van der Waals surface area contributed by atoms with Crippen molar-refractivity contribution in [1.82, 2.24) is 14.9 Å². The highest BCUT2D eigenvalue weighted by Gasteiger charge is 2.32. The molecule has 0 radical (unpaired) electrons. The molecule has 1 fully saturated rings. The Morgan fingerprint density at radius 2 is 1.91 bits per heavy atom. The van der Waals surface area contributed by atoms with Gasteiger partial charge in [0.2, 0.25) is 0 Å². The first-order chi connectivity index (χ1) is 10.7. The van der Waals surface area contributed by atoms with Crippen LogP contribution in [-0.4, -0.2) is 66.3 Å². The third-order valence-corrected chi connectivity index (χ3v) is 3.64. The van der Waals surface area contributed by atoms with E-state index in [0.717, 1.165) is 11.6 Å². The maximum Gasteiger partial charge on any atom is 0.410 e. The number of anilines is 2. The molecule has 0 N–H and O–H groups in total. The molecule has 0 aromatic carbocycles. The molecule has 7 heteroatoms. The van der Waals surface area contributed by atoms with Gasteiger partial charge in [-0.15, -0.1) is 0 Å². The summed E-state index contributed by atoms with van der Waals surface area (Å²) in [4.78, 5) is 27.1. The Kier molecular flexibility index (Phi) is 4.97. The van der Waals surface area contributed by atoms with Gasteiger partial charge in [-0.3, -0.25) is 0 Å². The van der Waals surface area contributed by atoms with Crippen molar-refractivity contribution in [2.75, 3.05) is 43.5 Å². The van der Waals surface area contributed by atoms with E-state index in [1.54, 1.807) is 17.3 Å². The second kappa shape index (κ2) is 6.60. The van der Waals surface area contributed by atoms with Gasteiger partial charge in [-0.1, -0.05) is 0 Å². The van der Waals surface area contributed by atoms with E-state index in [1.807, 2.05) is 46.7 Å². The number of amides is 1. The number of hydrogen-bond acceptors (Lipinski definition) is 6. The molecule has 1 amide bonds. The minimum Gasteiger partial charge on any atom is -0.444 e. The zero-order valence-corrected chi connectivity index (χ0v) is 14.9. The summed E-state index contributed by atoms with van der Waals surface area (Å²) in [5.41, 5.74) is -0.475. The highest BCUT2D eigenvalue weighted by molar-refractivity contribution is 5.69. The molecule has 0 saturated carbocycles. The molecule has 0 unspecified atom stereocenters. The van der Waals surface area contributed by atoms with Crippen LogP contribution in [0.3, 0.4) is 0 Å². The number of nitrogens with zero attached hydrogens (tertiary/aromatic N) is 5. The Hall–Kier alpha value is -2.05. The summed E-state index contributed by atoms with van der Waals surface area (Å²) in [5, 5.41) is 0. The predicted molar refractivity (Wildman–Crippen MR) is 91.0 cm³/mol. The maximum absolute atomic E-state index is 12.3. The van der Waals surface area contributed by atoms with Crippen LogP contribution in [0.5, 0.6) is 0 Å². The van der Waals surface area contributed by atoms with Gasteiger partial charge in [0.25, 0.3) is 0 Å². The van der Waals surface area contributed by atoms with Gasteiger partial charge in [-0.2, -0.15) is 0 Å². The number of aromatic nitrogens is 2. The molecule has 23 heavy (non-hydrogen) atoms. The van der Waals surface area contributed by atoms with Gasteiger partial charge in [0, 0.05) is 52.2 Å². The zero-order chi connectivity index (χ0) is 17.2. The van der Waals surface area contributed by atoms with Crippen LogP contribution in [0.2, 0.25) is 0 Å². The van der Waals surface area contributed by atoms with E-state index in [0.29, 0.717) is 19.6 Å². The first kappa shape index (κ1) is 17.3. The maximum atomic E-state index is 12.3. The molecule has 1 aromatic heterocycles. The van der Waals surface area contributed by atoms with Crippen molar-refractivity contribution in [3.63, 3.8) is 0 Å². The summed E-state index contributed by atoms with van der Waals surface area (Å²) in [6.45, 7) is 9.71. The molecular formula is C16H27N5O2. The third-order valence-electron chi connectivity index (χ3n) is 3.64. The Morgan fingerprint density at radius 1 is 1.26 bits per heavy atom. The second-order valence-electron chi connectivity index (χ2n) is 7.07. The van der Waals surface area contributed by atoms with E-state index in [9.17, 15) is 4.79 Å². The van der Waals surface area contributed by atoms with Crippen molar-refractivity contribution in [2.45, 2.75) is 39.3 Å². The second-order valence-corrected chi connectivity index (χ2v) is 7.07. The number of carbonyl (C=O) groups is 1. The predicted octanol–water partition coefficient (Wildman–Crippen LogP) is 1.99. The number of piperazine rings is 1. The van der Waals surface area contributed by atoms with Crippen LogP contribution in [-0.2, 0) is 4.74 Å². The van der Waals surface area contributed by atoms with Gasteiger partial charge in [-0.25, -0.2) is 14.8 Å². The van der Waals surface area contributed by atoms with Crippen LogP contribution in [0.1, 0.15) is 27.7 Å². The molecule has 0 bridgehead atoms. The first-order valence-corrected chi connectivity index (χ1v) is 7.92. The lowest BCUT2D eigenvalue weighted by Crippen LogP contribution is -2.55. The highest BCUT2D eigenvalue weighted by Crippen LogP contribution is 2.25. The quantitative estimate of drug-likeness (QED) is 0.830. The molecule has 1 aliphatic rings. The van der Waals surface area contributed by atoms with Crippen LogP contribution in [0.25, 0.3) is 0 Å². The minimum atomic E-state index is -0.475. The molecule has 0 aliphatic carbocycles.